The average Bonchev–Trinajstić information content (AvgIpc) is 2.12. The summed E-state index contributed by atoms with van der Waals surface area (Å²) in [6.45, 7) is 4.87. The van der Waals surface area contributed by atoms with Gasteiger partial charge in [-0.1, -0.05) is 6.92 Å². The normalized spacial score (nSPS) is 15.2. The summed E-state index contributed by atoms with van der Waals surface area (Å²) in [6.07, 6.45) is -0.306. The zero-order valence-electron chi connectivity index (χ0n) is 10.6. The summed E-state index contributed by atoms with van der Waals surface area (Å²) < 4.78 is 26.5. The maximum Gasteiger partial charge on any atom is 0.304 e. The summed E-state index contributed by atoms with van der Waals surface area (Å²) in [5.74, 6) is -2.56. The van der Waals surface area contributed by atoms with Crippen molar-refractivity contribution in [3.05, 3.63) is 35.4 Å². The monoisotopic (exact) mass is 257 g/mol. The van der Waals surface area contributed by atoms with E-state index in [-0.39, 0.29) is 12.0 Å². The summed E-state index contributed by atoms with van der Waals surface area (Å²) in [6, 6.07) is 3.00. The Kier molecular flexibility index (Phi) is 3.76. The van der Waals surface area contributed by atoms with E-state index in [1.54, 1.807) is 20.8 Å². The number of rotatable bonds is 4. The molecule has 0 amide bonds. The lowest BCUT2D eigenvalue weighted by Gasteiger charge is -2.41. The van der Waals surface area contributed by atoms with E-state index in [4.69, 9.17) is 10.8 Å². The molecule has 0 saturated heterocycles. The maximum absolute atomic E-state index is 13.3. The van der Waals surface area contributed by atoms with Crippen molar-refractivity contribution in [2.24, 2.45) is 5.73 Å². The van der Waals surface area contributed by atoms with Crippen LogP contribution in [0.3, 0.4) is 0 Å². The number of carboxylic acid groups (broad SMARTS) is 1. The molecule has 100 valence electrons. The van der Waals surface area contributed by atoms with Crippen molar-refractivity contribution in [3.63, 3.8) is 0 Å². The van der Waals surface area contributed by atoms with Crippen LogP contribution in [0.15, 0.2) is 18.2 Å². The molecule has 1 unspecified atom stereocenters. The first kappa shape index (κ1) is 14.6. The summed E-state index contributed by atoms with van der Waals surface area (Å²) in [5.41, 5.74) is 4.22. The number of halogens is 2. The molecule has 0 aliphatic heterocycles. The molecule has 18 heavy (non-hydrogen) atoms. The van der Waals surface area contributed by atoms with Crippen LogP contribution in [0.25, 0.3) is 0 Å². The summed E-state index contributed by atoms with van der Waals surface area (Å²) in [4.78, 5) is 11.0. The zero-order chi connectivity index (χ0) is 14.1. The lowest BCUT2D eigenvalue weighted by Crippen LogP contribution is -2.53. The molecule has 1 aromatic carbocycles. The third kappa shape index (κ3) is 2.85. The first-order valence-corrected chi connectivity index (χ1v) is 5.53. The highest BCUT2D eigenvalue weighted by molar-refractivity contribution is 5.69. The van der Waals surface area contributed by atoms with Gasteiger partial charge in [0.2, 0.25) is 0 Å². The van der Waals surface area contributed by atoms with Crippen molar-refractivity contribution in [1.29, 1.82) is 0 Å². The first-order chi connectivity index (χ1) is 8.06. The number of carbonyl (C=O) groups is 1. The number of nitrogens with two attached hydrogens (primary N) is 1. The van der Waals surface area contributed by atoms with Gasteiger partial charge in [0.05, 0.1) is 6.42 Å². The number of benzene rings is 1. The van der Waals surface area contributed by atoms with E-state index >= 15 is 0 Å². The topological polar surface area (TPSA) is 63.3 Å². The van der Waals surface area contributed by atoms with Gasteiger partial charge in [0.1, 0.15) is 11.6 Å². The quantitative estimate of drug-likeness (QED) is 0.870. The Hall–Kier alpha value is -1.49. The Balaban J connectivity index is 3.39. The van der Waals surface area contributed by atoms with E-state index in [0.29, 0.717) is 0 Å². The smallest absolute Gasteiger partial charge is 0.304 e. The Morgan fingerprint density at radius 3 is 2.00 bits per heavy atom. The van der Waals surface area contributed by atoms with Crippen LogP contribution in [0.4, 0.5) is 8.78 Å². The van der Waals surface area contributed by atoms with E-state index in [9.17, 15) is 13.6 Å². The van der Waals surface area contributed by atoms with Crippen LogP contribution in [0.1, 0.15) is 32.8 Å². The standard InChI is InChI=1S/C13H17F2NO2/c1-12(2,16)13(3,7-11(17)18)8-4-9(14)6-10(15)5-8/h4-6H,7,16H2,1-3H3,(H,17,18). The second kappa shape index (κ2) is 4.65. The molecule has 0 saturated carbocycles. The molecule has 1 aromatic rings. The highest BCUT2D eigenvalue weighted by Crippen LogP contribution is 2.37. The van der Waals surface area contributed by atoms with Crippen LogP contribution in [0.2, 0.25) is 0 Å². The average molecular weight is 257 g/mol. The Morgan fingerprint density at radius 1 is 1.22 bits per heavy atom. The fraction of sp³-hybridized carbons (Fsp3) is 0.462. The first-order valence-electron chi connectivity index (χ1n) is 5.53. The van der Waals surface area contributed by atoms with E-state index in [1.165, 1.54) is 0 Å². The zero-order valence-corrected chi connectivity index (χ0v) is 10.6. The minimum absolute atomic E-state index is 0.245. The molecule has 0 fully saturated rings. The molecular formula is C13H17F2NO2. The van der Waals surface area contributed by atoms with Gasteiger partial charge in [0.25, 0.3) is 0 Å². The fourth-order valence-corrected chi connectivity index (χ4v) is 1.88. The van der Waals surface area contributed by atoms with Crippen molar-refractivity contribution < 1.29 is 18.7 Å². The van der Waals surface area contributed by atoms with Crippen molar-refractivity contribution in [2.45, 2.75) is 38.1 Å². The SMILES string of the molecule is CC(C)(N)C(C)(CC(=O)O)c1cc(F)cc(F)c1. The molecule has 0 spiro atoms. The van der Waals surface area contributed by atoms with Crippen LogP contribution < -0.4 is 5.73 Å². The molecule has 1 atom stereocenters. The number of hydrogen-bond donors (Lipinski definition) is 2. The van der Waals surface area contributed by atoms with Crippen molar-refractivity contribution in [2.75, 3.05) is 0 Å². The van der Waals surface area contributed by atoms with E-state index in [2.05, 4.69) is 0 Å². The third-order valence-electron chi connectivity index (χ3n) is 3.43. The second-order valence-electron chi connectivity index (χ2n) is 5.28. The van der Waals surface area contributed by atoms with Gasteiger partial charge >= 0.3 is 5.97 Å². The molecule has 5 heteroatoms. The van der Waals surface area contributed by atoms with Crippen LogP contribution in [-0.2, 0) is 10.2 Å². The van der Waals surface area contributed by atoms with Crippen LogP contribution >= 0.6 is 0 Å². The van der Waals surface area contributed by atoms with Gasteiger partial charge in [-0.25, -0.2) is 8.78 Å². The lowest BCUT2D eigenvalue weighted by molar-refractivity contribution is -0.139. The molecule has 0 heterocycles. The Labute approximate surface area is 105 Å². The van der Waals surface area contributed by atoms with Crippen LogP contribution in [-0.4, -0.2) is 16.6 Å². The molecule has 0 aliphatic rings. The minimum Gasteiger partial charge on any atom is -0.481 e. The molecule has 3 N–H and O–H groups in total. The van der Waals surface area contributed by atoms with Gasteiger partial charge < -0.3 is 10.8 Å². The summed E-state index contributed by atoms with van der Waals surface area (Å²) >= 11 is 0. The number of carboxylic acids is 1. The fourth-order valence-electron chi connectivity index (χ4n) is 1.88. The molecular weight excluding hydrogens is 240 g/mol. The van der Waals surface area contributed by atoms with Crippen molar-refractivity contribution in [1.82, 2.24) is 0 Å². The van der Waals surface area contributed by atoms with Gasteiger partial charge in [-0.3, -0.25) is 4.79 Å². The lowest BCUT2D eigenvalue weighted by atomic mass is 9.66. The number of aliphatic carboxylic acids is 1. The second-order valence-corrected chi connectivity index (χ2v) is 5.28. The summed E-state index contributed by atoms with van der Waals surface area (Å²) in [5, 5.41) is 8.97. The number of hydrogen-bond acceptors (Lipinski definition) is 2. The van der Waals surface area contributed by atoms with Crippen molar-refractivity contribution in [3.8, 4) is 0 Å². The van der Waals surface area contributed by atoms with Gasteiger partial charge in [-0.05, 0) is 31.5 Å². The van der Waals surface area contributed by atoms with Gasteiger partial charge in [0.15, 0.2) is 0 Å². The van der Waals surface area contributed by atoms with Crippen LogP contribution in [0.5, 0.6) is 0 Å². The third-order valence-corrected chi connectivity index (χ3v) is 3.43. The molecule has 0 aliphatic carbocycles. The molecule has 0 aromatic heterocycles. The predicted molar refractivity (Wildman–Crippen MR) is 64.2 cm³/mol. The van der Waals surface area contributed by atoms with E-state index < -0.39 is 28.6 Å². The molecule has 3 nitrogen and oxygen atoms in total. The van der Waals surface area contributed by atoms with E-state index in [1.807, 2.05) is 0 Å². The summed E-state index contributed by atoms with van der Waals surface area (Å²) in [7, 11) is 0. The highest BCUT2D eigenvalue weighted by Gasteiger charge is 2.42. The maximum atomic E-state index is 13.3. The Bertz CT molecular complexity index is 448. The van der Waals surface area contributed by atoms with Gasteiger partial charge in [-0.15, -0.1) is 0 Å². The Morgan fingerprint density at radius 2 is 1.67 bits per heavy atom. The molecule has 0 radical (unpaired) electrons. The largest absolute Gasteiger partial charge is 0.481 e. The van der Waals surface area contributed by atoms with Crippen molar-refractivity contribution >= 4 is 5.97 Å². The van der Waals surface area contributed by atoms with Gasteiger partial charge in [-0.2, -0.15) is 0 Å². The predicted octanol–water partition coefficient (Wildman–Crippen LogP) is 2.43. The molecule has 1 rings (SSSR count). The minimum atomic E-state index is -1.07. The van der Waals surface area contributed by atoms with Crippen LogP contribution in [0, 0.1) is 11.6 Å². The highest BCUT2D eigenvalue weighted by atomic mass is 19.1. The van der Waals surface area contributed by atoms with Gasteiger partial charge in [0, 0.05) is 17.0 Å². The van der Waals surface area contributed by atoms with E-state index in [0.717, 1.165) is 18.2 Å². The molecule has 0 bridgehead atoms.